The second kappa shape index (κ2) is 4.94. The second-order valence-corrected chi connectivity index (χ2v) is 5.72. The summed E-state index contributed by atoms with van der Waals surface area (Å²) in [4.78, 5) is 17.0. The Morgan fingerprint density at radius 1 is 1.23 bits per heavy atom. The van der Waals surface area contributed by atoms with Crippen molar-refractivity contribution in [2.75, 3.05) is 5.32 Å². The molecule has 1 fully saturated rings. The maximum atomic E-state index is 12.5. The number of nitrogens with one attached hydrogen (secondary N) is 1. The standard InChI is InChI=1S/C17H16N4O/c1-21-10-13(16(20-21)12-6-7-12)17(22)19-15-9-8-11-4-2-3-5-14(11)18-15/h2-5,8-10,12H,6-7H2,1H3,(H,18,19,22). The van der Waals surface area contributed by atoms with Crippen LogP contribution in [0.2, 0.25) is 0 Å². The van der Waals surface area contributed by atoms with Crippen LogP contribution in [0.4, 0.5) is 5.82 Å². The minimum atomic E-state index is -0.141. The molecule has 0 aliphatic heterocycles. The molecule has 0 unspecified atom stereocenters. The smallest absolute Gasteiger partial charge is 0.260 e. The zero-order valence-electron chi connectivity index (χ0n) is 12.3. The zero-order valence-corrected chi connectivity index (χ0v) is 12.3. The van der Waals surface area contributed by atoms with Crippen molar-refractivity contribution in [2.24, 2.45) is 7.05 Å². The number of amides is 1. The van der Waals surface area contributed by atoms with E-state index in [1.807, 2.05) is 43.4 Å². The van der Waals surface area contributed by atoms with Gasteiger partial charge in [0.15, 0.2) is 0 Å². The number of carbonyl (C=O) groups is 1. The molecular weight excluding hydrogens is 276 g/mol. The van der Waals surface area contributed by atoms with E-state index in [2.05, 4.69) is 15.4 Å². The Kier molecular flexibility index (Phi) is 2.92. The van der Waals surface area contributed by atoms with Crippen molar-refractivity contribution >= 4 is 22.6 Å². The number of hydrogen-bond acceptors (Lipinski definition) is 3. The molecule has 1 aromatic carbocycles. The number of aryl methyl sites for hydroxylation is 1. The van der Waals surface area contributed by atoms with Gasteiger partial charge in [0.1, 0.15) is 5.82 Å². The quantitative estimate of drug-likeness (QED) is 0.807. The summed E-state index contributed by atoms with van der Waals surface area (Å²) >= 11 is 0. The molecule has 22 heavy (non-hydrogen) atoms. The van der Waals surface area contributed by atoms with Crippen LogP contribution in [0.1, 0.15) is 34.8 Å². The summed E-state index contributed by atoms with van der Waals surface area (Å²) in [5.74, 6) is 0.860. The average Bonchev–Trinajstić information content (AvgIpc) is 3.29. The highest BCUT2D eigenvalue weighted by atomic mass is 16.1. The van der Waals surface area contributed by atoms with Crippen molar-refractivity contribution < 1.29 is 4.79 Å². The lowest BCUT2D eigenvalue weighted by atomic mass is 10.1. The molecule has 3 aromatic rings. The fourth-order valence-corrected chi connectivity index (χ4v) is 2.66. The normalized spacial score (nSPS) is 14.2. The summed E-state index contributed by atoms with van der Waals surface area (Å²) < 4.78 is 1.70. The van der Waals surface area contributed by atoms with Gasteiger partial charge in [-0.05, 0) is 31.0 Å². The van der Waals surface area contributed by atoms with E-state index < -0.39 is 0 Å². The first kappa shape index (κ1) is 13.0. The van der Waals surface area contributed by atoms with E-state index in [-0.39, 0.29) is 5.91 Å². The number of rotatable bonds is 3. The van der Waals surface area contributed by atoms with E-state index in [1.165, 1.54) is 0 Å². The van der Waals surface area contributed by atoms with Crippen LogP contribution in [0.15, 0.2) is 42.6 Å². The fraction of sp³-hybridized carbons (Fsp3) is 0.235. The molecule has 5 heteroatoms. The number of para-hydroxylation sites is 1. The van der Waals surface area contributed by atoms with Crippen molar-refractivity contribution in [1.29, 1.82) is 0 Å². The number of benzene rings is 1. The van der Waals surface area contributed by atoms with Crippen LogP contribution in [0.25, 0.3) is 10.9 Å². The summed E-state index contributed by atoms with van der Waals surface area (Å²) in [5, 5.41) is 8.36. The minimum Gasteiger partial charge on any atom is -0.306 e. The molecule has 0 saturated heterocycles. The monoisotopic (exact) mass is 292 g/mol. The summed E-state index contributed by atoms with van der Waals surface area (Å²) in [7, 11) is 1.84. The van der Waals surface area contributed by atoms with Gasteiger partial charge >= 0.3 is 0 Å². The van der Waals surface area contributed by atoms with E-state index >= 15 is 0 Å². The molecule has 4 rings (SSSR count). The van der Waals surface area contributed by atoms with E-state index in [4.69, 9.17) is 0 Å². The molecule has 0 spiro atoms. The summed E-state index contributed by atoms with van der Waals surface area (Å²) in [5.41, 5.74) is 2.43. The highest BCUT2D eigenvalue weighted by Crippen LogP contribution is 2.40. The number of pyridine rings is 1. The van der Waals surface area contributed by atoms with Crippen LogP contribution in [0.3, 0.4) is 0 Å². The molecule has 2 aromatic heterocycles. The Morgan fingerprint density at radius 3 is 2.86 bits per heavy atom. The van der Waals surface area contributed by atoms with Crippen molar-refractivity contribution in [3.05, 3.63) is 53.9 Å². The number of anilines is 1. The molecule has 2 heterocycles. The predicted molar refractivity (Wildman–Crippen MR) is 84.9 cm³/mol. The van der Waals surface area contributed by atoms with Crippen molar-refractivity contribution in [1.82, 2.24) is 14.8 Å². The summed E-state index contributed by atoms with van der Waals surface area (Å²) in [6, 6.07) is 11.6. The molecule has 1 aliphatic carbocycles. The van der Waals surface area contributed by atoms with Gasteiger partial charge in [0.05, 0.1) is 16.8 Å². The molecule has 0 atom stereocenters. The van der Waals surface area contributed by atoms with Gasteiger partial charge in [0.25, 0.3) is 5.91 Å². The third kappa shape index (κ3) is 2.35. The van der Waals surface area contributed by atoms with Gasteiger partial charge in [-0.2, -0.15) is 5.10 Å². The maximum absolute atomic E-state index is 12.5. The van der Waals surface area contributed by atoms with Crippen LogP contribution in [0, 0.1) is 0 Å². The molecular formula is C17H16N4O. The predicted octanol–water partition coefficient (Wildman–Crippen LogP) is 3.10. The van der Waals surface area contributed by atoms with Crippen LogP contribution in [-0.4, -0.2) is 20.7 Å². The second-order valence-electron chi connectivity index (χ2n) is 5.72. The maximum Gasteiger partial charge on any atom is 0.260 e. The Bertz CT molecular complexity index is 864. The van der Waals surface area contributed by atoms with E-state index in [9.17, 15) is 4.79 Å². The van der Waals surface area contributed by atoms with E-state index in [0.717, 1.165) is 29.4 Å². The van der Waals surface area contributed by atoms with Crippen LogP contribution in [0.5, 0.6) is 0 Å². The van der Waals surface area contributed by atoms with Crippen LogP contribution < -0.4 is 5.32 Å². The summed E-state index contributed by atoms with van der Waals surface area (Å²) in [6.45, 7) is 0. The van der Waals surface area contributed by atoms with Gasteiger partial charge < -0.3 is 5.32 Å². The molecule has 110 valence electrons. The van der Waals surface area contributed by atoms with E-state index in [0.29, 0.717) is 17.3 Å². The lowest BCUT2D eigenvalue weighted by molar-refractivity contribution is 0.102. The Balaban J connectivity index is 1.63. The molecule has 0 bridgehead atoms. The average molecular weight is 292 g/mol. The number of aromatic nitrogens is 3. The van der Waals surface area contributed by atoms with Gasteiger partial charge in [-0.25, -0.2) is 4.98 Å². The van der Waals surface area contributed by atoms with Crippen molar-refractivity contribution in [3.8, 4) is 0 Å². The SMILES string of the molecule is Cn1cc(C(=O)Nc2ccc3ccccc3n2)c(C2CC2)n1. The largest absolute Gasteiger partial charge is 0.306 e. The summed E-state index contributed by atoms with van der Waals surface area (Å²) in [6.07, 6.45) is 4.01. The van der Waals surface area contributed by atoms with Crippen LogP contribution >= 0.6 is 0 Å². The van der Waals surface area contributed by atoms with Crippen molar-refractivity contribution in [3.63, 3.8) is 0 Å². The fourth-order valence-electron chi connectivity index (χ4n) is 2.66. The third-order valence-corrected chi connectivity index (χ3v) is 3.91. The lowest BCUT2D eigenvalue weighted by Gasteiger charge is -2.05. The molecule has 1 amide bonds. The van der Waals surface area contributed by atoms with Crippen LogP contribution in [-0.2, 0) is 7.05 Å². The molecule has 1 N–H and O–H groups in total. The van der Waals surface area contributed by atoms with Gasteiger partial charge in [0, 0.05) is 24.5 Å². The van der Waals surface area contributed by atoms with Gasteiger partial charge in [-0.15, -0.1) is 0 Å². The topological polar surface area (TPSA) is 59.8 Å². The van der Waals surface area contributed by atoms with Gasteiger partial charge in [-0.3, -0.25) is 9.48 Å². The Hall–Kier alpha value is -2.69. The molecule has 5 nitrogen and oxygen atoms in total. The Morgan fingerprint density at radius 2 is 2.05 bits per heavy atom. The highest BCUT2D eigenvalue weighted by Gasteiger charge is 2.31. The molecule has 1 saturated carbocycles. The lowest BCUT2D eigenvalue weighted by Crippen LogP contribution is -2.14. The first-order valence-electron chi connectivity index (χ1n) is 7.41. The van der Waals surface area contributed by atoms with E-state index in [1.54, 1.807) is 10.9 Å². The van der Waals surface area contributed by atoms with Crippen molar-refractivity contribution in [2.45, 2.75) is 18.8 Å². The minimum absolute atomic E-state index is 0.141. The van der Waals surface area contributed by atoms with Gasteiger partial charge in [-0.1, -0.05) is 18.2 Å². The number of carbonyl (C=O) groups excluding carboxylic acids is 1. The molecule has 1 aliphatic rings. The first-order chi connectivity index (χ1) is 10.7. The highest BCUT2D eigenvalue weighted by molar-refractivity contribution is 6.05. The Labute approximate surface area is 128 Å². The number of nitrogens with zero attached hydrogens (tertiary/aromatic N) is 3. The third-order valence-electron chi connectivity index (χ3n) is 3.91. The van der Waals surface area contributed by atoms with Gasteiger partial charge in [0.2, 0.25) is 0 Å². The first-order valence-corrected chi connectivity index (χ1v) is 7.41. The number of fused-ring (bicyclic) bond motifs is 1. The number of hydrogen-bond donors (Lipinski definition) is 1. The zero-order chi connectivity index (χ0) is 15.1. The molecule has 0 radical (unpaired) electrons.